The highest BCUT2D eigenvalue weighted by atomic mass is 16.5. The number of nitrogens with one attached hydrogen (secondary N) is 1. The Balaban J connectivity index is 2.02. The lowest BCUT2D eigenvalue weighted by Crippen LogP contribution is -2.22. The summed E-state index contributed by atoms with van der Waals surface area (Å²) in [6.45, 7) is 4.40. The highest BCUT2D eigenvalue weighted by Crippen LogP contribution is 2.21. The van der Waals surface area contributed by atoms with Crippen LogP contribution in [0.25, 0.3) is 0 Å². The molecule has 0 bridgehead atoms. The van der Waals surface area contributed by atoms with Crippen LogP contribution in [0.3, 0.4) is 0 Å². The van der Waals surface area contributed by atoms with E-state index < -0.39 is 0 Å². The third-order valence-corrected chi connectivity index (χ3v) is 3.56. The molecule has 0 heterocycles. The molecule has 0 aliphatic carbocycles. The zero-order valence-corrected chi connectivity index (χ0v) is 13.1. The molecule has 0 atom stereocenters. The Labute approximate surface area is 131 Å². The summed E-state index contributed by atoms with van der Waals surface area (Å²) in [5.41, 5.74) is 9.60. The minimum atomic E-state index is -0.171. The van der Waals surface area contributed by atoms with Crippen molar-refractivity contribution < 1.29 is 9.53 Å². The fourth-order valence-corrected chi connectivity index (χ4v) is 2.33. The van der Waals surface area contributed by atoms with Crippen LogP contribution in [0.15, 0.2) is 42.5 Å². The average molecular weight is 298 g/mol. The van der Waals surface area contributed by atoms with Crippen LogP contribution >= 0.6 is 0 Å². The van der Waals surface area contributed by atoms with E-state index in [4.69, 9.17) is 10.5 Å². The van der Waals surface area contributed by atoms with E-state index in [-0.39, 0.29) is 12.5 Å². The van der Waals surface area contributed by atoms with Crippen molar-refractivity contribution in [2.24, 2.45) is 5.73 Å². The topological polar surface area (TPSA) is 64.3 Å². The number of ether oxygens (including phenoxy) is 1. The predicted molar refractivity (Wildman–Crippen MR) is 89.0 cm³/mol. The maximum Gasteiger partial charge on any atom is 0.262 e. The number of para-hydroxylation sites is 2. The number of carbonyl (C=O) groups is 1. The summed E-state index contributed by atoms with van der Waals surface area (Å²) in [6.07, 6.45) is 0.869. The summed E-state index contributed by atoms with van der Waals surface area (Å²) < 4.78 is 5.58. The van der Waals surface area contributed by atoms with E-state index in [9.17, 15) is 4.79 Å². The van der Waals surface area contributed by atoms with Crippen molar-refractivity contribution in [1.82, 2.24) is 0 Å². The molecule has 0 aromatic heterocycles. The van der Waals surface area contributed by atoms with E-state index in [1.807, 2.05) is 49.4 Å². The highest BCUT2D eigenvalue weighted by Gasteiger charge is 2.10. The number of amides is 1. The molecular weight excluding hydrogens is 276 g/mol. The molecule has 2 rings (SSSR count). The van der Waals surface area contributed by atoms with Crippen LogP contribution in [0.1, 0.15) is 23.6 Å². The molecule has 0 saturated carbocycles. The van der Waals surface area contributed by atoms with Crippen LogP contribution in [-0.4, -0.2) is 12.5 Å². The Morgan fingerprint density at radius 3 is 2.59 bits per heavy atom. The van der Waals surface area contributed by atoms with Crippen LogP contribution in [0.5, 0.6) is 5.75 Å². The van der Waals surface area contributed by atoms with E-state index in [2.05, 4.69) is 12.2 Å². The first-order valence-corrected chi connectivity index (χ1v) is 7.44. The molecule has 0 aliphatic heterocycles. The van der Waals surface area contributed by atoms with Gasteiger partial charge in [-0.05, 0) is 30.5 Å². The molecule has 0 spiro atoms. The van der Waals surface area contributed by atoms with Gasteiger partial charge >= 0.3 is 0 Å². The molecule has 0 radical (unpaired) electrons. The summed E-state index contributed by atoms with van der Waals surface area (Å²) in [5.74, 6) is 0.483. The van der Waals surface area contributed by atoms with E-state index >= 15 is 0 Å². The largest absolute Gasteiger partial charge is 0.483 e. The van der Waals surface area contributed by atoms with Gasteiger partial charge in [0.25, 0.3) is 5.91 Å². The molecule has 4 nitrogen and oxygen atoms in total. The molecule has 2 aromatic carbocycles. The number of aryl methyl sites for hydroxylation is 2. The Morgan fingerprint density at radius 1 is 1.14 bits per heavy atom. The molecule has 0 unspecified atom stereocenters. The molecule has 3 N–H and O–H groups in total. The molecule has 0 saturated heterocycles. The first-order valence-electron chi connectivity index (χ1n) is 7.44. The van der Waals surface area contributed by atoms with Gasteiger partial charge in [-0.15, -0.1) is 0 Å². The number of rotatable bonds is 6. The zero-order valence-electron chi connectivity index (χ0n) is 13.1. The van der Waals surface area contributed by atoms with Crippen molar-refractivity contribution in [2.75, 3.05) is 11.9 Å². The number of anilines is 1. The van der Waals surface area contributed by atoms with Crippen molar-refractivity contribution in [3.05, 3.63) is 59.2 Å². The molecule has 116 valence electrons. The smallest absolute Gasteiger partial charge is 0.262 e. The highest BCUT2D eigenvalue weighted by molar-refractivity contribution is 5.93. The van der Waals surface area contributed by atoms with Gasteiger partial charge in [-0.3, -0.25) is 4.79 Å². The standard InChI is InChI=1S/C18H22N2O2/c1-3-14-9-6-7-13(2)18(14)20-17(21)12-22-16-10-5-4-8-15(16)11-19/h4-10H,3,11-12,19H2,1-2H3,(H,20,21). The first-order chi connectivity index (χ1) is 10.7. The van der Waals surface area contributed by atoms with E-state index in [1.54, 1.807) is 0 Å². The lowest BCUT2D eigenvalue weighted by molar-refractivity contribution is -0.118. The van der Waals surface area contributed by atoms with Crippen molar-refractivity contribution >= 4 is 11.6 Å². The predicted octanol–water partition coefficient (Wildman–Crippen LogP) is 3.03. The summed E-state index contributed by atoms with van der Waals surface area (Å²) in [6, 6.07) is 13.5. The van der Waals surface area contributed by atoms with Crippen LogP contribution in [0.4, 0.5) is 5.69 Å². The monoisotopic (exact) mass is 298 g/mol. The maximum absolute atomic E-state index is 12.1. The fraction of sp³-hybridized carbons (Fsp3) is 0.278. The normalized spacial score (nSPS) is 10.3. The van der Waals surface area contributed by atoms with Crippen LogP contribution in [0, 0.1) is 6.92 Å². The molecule has 4 heteroatoms. The van der Waals surface area contributed by atoms with Crippen molar-refractivity contribution in [2.45, 2.75) is 26.8 Å². The quantitative estimate of drug-likeness (QED) is 0.861. The van der Waals surface area contributed by atoms with Crippen LogP contribution in [-0.2, 0) is 17.8 Å². The molecule has 22 heavy (non-hydrogen) atoms. The second-order valence-electron chi connectivity index (χ2n) is 5.11. The summed E-state index contributed by atoms with van der Waals surface area (Å²) in [4.78, 5) is 12.1. The van der Waals surface area contributed by atoms with Gasteiger partial charge in [0.15, 0.2) is 6.61 Å². The van der Waals surface area contributed by atoms with Gasteiger partial charge in [-0.25, -0.2) is 0 Å². The van der Waals surface area contributed by atoms with Gasteiger partial charge in [0.1, 0.15) is 5.75 Å². The van der Waals surface area contributed by atoms with Crippen molar-refractivity contribution in [3.8, 4) is 5.75 Å². The zero-order chi connectivity index (χ0) is 15.9. The second kappa shape index (κ2) is 7.61. The third kappa shape index (κ3) is 3.86. The summed E-state index contributed by atoms with van der Waals surface area (Å²) in [5, 5.41) is 2.94. The number of hydrogen-bond acceptors (Lipinski definition) is 3. The van der Waals surface area contributed by atoms with Gasteiger partial charge in [0.05, 0.1) is 0 Å². The summed E-state index contributed by atoms with van der Waals surface area (Å²) >= 11 is 0. The lowest BCUT2D eigenvalue weighted by atomic mass is 10.1. The van der Waals surface area contributed by atoms with Gasteiger partial charge in [0, 0.05) is 17.8 Å². The maximum atomic E-state index is 12.1. The Kier molecular flexibility index (Phi) is 5.55. The Hall–Kier alpha value is -2.33. The number of carbonyl (C=O) groups excluding carboxylic acids is 1. The summed E-state index contributed by atoms with van der Waals surface area (Å²) in [7, 11) is 0. The van der Waals surface area contributed by atoms with Crippen LogP contribution < -0.4 is 15.8 Å². The molecular formula is C18H22N2O2. The minimum absolute atomic E-state index is 0.0332. The fourth-order valence-electron chi connectivity index (χ4n) is 2.33. The number of hydrogen-bond donors (Lipinski definition) is 2. The Morgan fingerprint density at radius 2 is 1.86 bits per heavy atom. The number of nitrogens with two attached hydrogens (primary N) is 1. The Bertz CT molecular complexity index is 653. The molecule has 0 fully saturated rings. The molecule has 0 aliphatic rings. The van der Waals surface area contributed by atoms with Gasteiger partial charge in [-0.1, -0.05) is 43.3 Å². The molecule has 2 aromatic rings. The van der Waals surface area contributed by atoms with Gasteiger partial charge < -0.3 is 15.8 Å². The lowest BCUT2D eigenvalue weighted by Gasteiger charge is -2.14. The minimum Gasteiger partial charge on any atom is -0.483 e. The number of benzene rings is 2. The van der Waals surface area contributed by atoms with E-state index in [0.717, 1.165) is 28.8 Å². The second-order valence-corrected chi connectivity index (χ2v) is 5.11. The third-order valence-electron chi connectivity index (χ3n) is 3.56. The first kappa shape index (κ1) is 16.0. The van der Waals surface area contributed by atoms with Gasteiger partial charge in [-0.2, -0.15) is 0 Å². The van der Waals surface area contributed by atoms with Crippen LogP contribution in [0.2, 0.25) is 0 Å². The van der Waals surface area contributed by atoms with E-state index in [1.165, 1.54) is 0 Å². The van der Waals surface area contributed by atoms with Gasteiger partial charge in [0.2, 0.25) is 0 Å². The van der Waals surface area contributed by atoms with E-state index in [0.29, 0.717) is 12.3 Å². The molecule has 1 amide bonds. The van der Waals surface area contributed by atoms with Crippen molar-refractivity contribution in [3.63, 3.8) is 0 Å². The average Bonchev–Trinajstić information content (AvgIpc) is 2.55. The SMILES string of the molecule is CCc1cccc(C)c1NC(=O)COc1ccccc1CN. The van der Waals surface area contributed by atoms with Crippen molar-refractivity contribution in [1.29, 1.82) is 0 Å².